The summed E-state index contributed by atoms with van der Waals surface area (Å²) in [5.74, 6) is -2.91. The zero-order valence-electron chi connectivity index (χ0n) is 17.8. The molecule has 1 aromatic carbocycles. The first-order valence-corrected chi connectivity index (χ1v) is 10.7. The Labute approximate surface area is 181 Å². The Balaban J connectivity index is 1.67. The molecule has 1 aromatic rings. The zero-order valence-corrected chi connectivity index (χ0v) is 17.8. The molecule has 8 heteroatoms. The second kappa shape index (κ2) is 9.29. The van der Waals surface area contributed by atoms with Crippen LogP contribution in [0.3, 0.4) is 0 Å². The van der Waals surface area contributed by atoms with E-state index >= 15 is 0 Å². The van der Waals surface area contributed by atoms with Crippen molar-refractivity contribution < 1.29 is 23.9 Å². The maximum atomic E-state index is 12.8. The lowest BCUT2D eigenvalue weighted by Crippen LogP contribution is -2.51. The molecule has 2 aliphatic rings. The number of hydrogen-bond acceptors (Lipinski definition) is 6. The Morgan fingerprint density at radius 3 is 2.13 bits per heavy atom. The SMILES string of the molecule is CC(C)[C@@H](C(=O)OCC(=O)NC1(C#N)CCCCCC1)N1C(=O)c2ccccc2C1=O. The second-order valence-corrected chi connectivity index (χ2v) is 8.48. The highest BCUT2D eigenvalue weighted by Gasteiger charge is 2.45. The number of amides is 3. The monoisotopic (exact) mass is 425 g/mol. The lowest BCUT2D eigenvalue weighted by Gasteiger charge is -2.28. The Kier molecular flexibility index (Phi) is 6.74. The van der Waals surface area contributed by atoms with Crippen molar-refractivity contribution in [3.63, 3.8) is 0 Å². The van der Waals surface area contributed by atoms with Gasteiger partial charge in [-0.3, -0.25) is 19.3 Å². The van der Waals surface area contributed by atoms with Gasteiger partial charge in [0.1, 0.15) is 11.6 Å². The number of ether oxygens (including phenoxy) is 1. The molecular weight excluding hydrogens is 398 g/mol. The first-order chi connectivity index (χ1) is 14.8. The van der Waals surface area contributed by atoms with Crippen molar-refractivity contribution in [3.05, 3.63) is 35.4 Å². The summed E-state index contributed by atoms with van der Waals surface area (Å²) in [6, 6.07) is 7.45. The van der Waals surface area contributed by atoms with Crippen LogP contribution in [0.25, 0.3) is 0 Å². The smallest absolute Gasteiger partial charge is 0.330 e. The highest BCUT2D eigenvalue weighted by atomic mass is 16.5. The predicted octanol–water partition coefficient (Wildman–Crippen LogP) is 2.58. The van der Waals surface area contributed by atoms with Crippen LogP contribution in [0.1, 0.15) is 73.1 Å². The van der Waals surface area contributed by atoms with Gasteiger partial charge in [0.25, 0.3) is 17.7 Å². The molecule has 164 valence electrons. The molecule has 31 heavy (non-hydrogen) atoms. The van der Waals surface area contributed by atoms with E-state index in [1.807, 2.05) is 0 Å². The number of fused-ring (bicyclic) bond motifs is 1. The Morgan fingerprint density at radius 1 is 1.10 bits per heavy atom. The van der Waals surface area contributed by atoms with Crippen LogP contribution in [0, 0.1) is 17.2 Å². The highest BCUT2D eigenvalue weighted by molar-refractivity contribution is 6.22. The number of nitrogens with zero attached hydrogens (tertiary/aromatic N) is 2. The highest BCUT2D eigenvalue weighted by Crippen LogP contribution is 2.28. The summed E-state index contributed by atoms with van der Waals surface area (Å²) in [6.07, 6.45) is 4.86. The number of esters is 1. The van der Waals surface area contributed by atoms with Gasteiger partial charge in [-0.15, -0.1) is 0 Å². The minimum Gasteiger partial charge on any atom is -0.454 e. The molecule has 3 amide bonds. The molecule has 1 aliphatic carbocycles. The normalized spacial score (nSPS) is 18.7. The van der Waals surface area contributed by atoms with Crippen molar-refractivity contribution in [2.45, 2.75) is 64.0 Å². The minimum absolute atomic E-state index is 0.244. The summed E-state index contributed by atoms with van der Waals surface area (Å²) < 4.78 is 5.19. The first-order valence-electron chi connectivity index (χ1n) is 10.7. The fourth-order valence-electron chi connectivity index (χ4n) is 4.26. The van der Waals surface area contributed by atoms with Gasteiger partial charge in [0, 0.05) is 0 Å². The summed E-state index contributed by atoms with van der Waals surface area (Å²) in [6.45, 7) is 2.83. The Bertz CT molecular complexity index is 890. The predicted molar refractivity (Wildman–Crippen MR) is 111 cm³/mol. The van der Waals surface area contributed by atoms with Crippen LogP contribution in [0.15, 0.2) is 24.3 Å². The van der Waals surface area contributed by atoms with Crippen molar-refractivity contribution in [3.8, 4) is 6.07 Å². The first kappa shape index (κ1) is 22.5. The molecule has 1 N–H and O–H groups in total. The molecule has 0 radical (unpaired) electrons. The van der Waals surface area contributed by atoms with Gasteiger partial charge < -0.3 is 10.1 Å². The number of imide groups is 1. The number of carbonyl (C=O) groups is 4. The van der Waals surface area contributed by atoms with E-state index in [-0.39, 0.29) is 11.1 Å². The summed E-state index contributed by atoms with van der Waals surface area (Å²) in [5, 5.41) is 12.3. The van der Waals surface area contributed by atoms with Gasteiger partial charge in [0.05, 0.1) is 17.2 Å². The van der Waals surface area contributed by atoms with Crippen LogP contribution >= 0.6 is 0 Å². The van der Waals surface area contributed by atoms with E-state index in [9.17, 15) is 24.4 Å². The molecule has 1 aliphatic heterocycles. The van der Waals surface area contributed by atoms with Gasteiger partial charge in [0.15, 0.2) is 6.61 Å². The molecule has 1 saturated carbocycles. The van der Waals surface area contributed by atoms with Gasteiger partial charge >= 0.3 is 5.97 Å². The van der Waals surface area contributed by atoms with Crippen LogP contribution < -0.4 is 5.32 Å². The van der Waals surface area contributed by atoms with Crippen molar-refractivity contribution in [2.24, 2.45) is 5.92 Å². The van der Waals surface area contributed by atoms with Crippen LogP contribution in [0.4, 0.5) is 0 Å². The summed E-state index contributed by atoms with van der Waals surface area (Å²) in [5.41, 5.74) is -0.457. The van der Waals surface area contributed by atoms with Gasteiger partial charge in [-0.25, -0.2) is 4.79 Å². The molecule has 0 spiro atoms. The standard InChI is InChI=1S/C23H27N3O5/c1-15(2)19(26-20(28)16-9-5-6-10-17(16)21(26)29)22(30)31-13-18(27)25-23(14-24)11-7-3-4-8-12-23/h5-6,9-10,15,19H,3-4,7-8,11-13H2,1-2H3,(H,25,27)/t19-/m0/s1. The molecule has 0 bridgehead atoms. The number of hydrogen-bond donors (Lipinski definition) is 1. The fourth-order valence-corrected chi connectivity index (χ4v) is 4.26. The van der Waals surface area contributed by atoms with Crippen LogP contribution in [-0.4, -0.2) is 46.8 Å². The van der Waals surface area contributed by atoms with Crippen molar-refractivity contribution >= 4 is 23.7 Å². The summed E-state index contributed by atoms with van der Waals surface area (Å²) >= 11 is 0. The lowest BCUT2D eigenvalue weighted by atomic mass is 9.92. The molecule has 1 atom stereocenters. The molecule has 1 heterocycles. The summed E-state index contributed by atoms with van der Waals surface area (Å²) in [7, 11) is 0. The van der Waals surface area contributed by atoms with Gasteiger partial charge in [-0.2, -0.15) is 5.26 Å². The van der Waals surface area contributed by atoms with E-state index in [1.165, 1.54) is 0 Å². The molecule has 0 saturated heterocycles. The average molecular weight is 425 g/mol. The second-order valence-electron chi connectivity index (χ2n) is 8.48. The number of nitrogens with one attached hydrogen (secondary N) is 1. The van der Waals surface area contributed by atoms with Crippen LogP contribution in [0.5, 0.6) is 0 Å². The van der Waals surface area contributed by atoms with Crippen LogP contribution in [-0.2, 0) is 14.3 Å². The van der Waals surface area contributed by atoms with Crippen molar-refractivity contribution in [1.82, 2.24) is 10.2 Å². The Hall–Kier alpha value is -3.21. The number of benzene rings is 1. The van der Waals surface area contributed by atoms with E-state index in [0.29, 0.717) is 12.8 Å². The quantitative estimate of drug-likeness (QED) is 0.425. The third-order valence-corrected chi connectivity index (χ3v) is 5.87. The molecule has 0 aromatic heterocycles. The molecule has 1 fully saturated rings. The third-order valence-electron chi connectivity index (χ3n) is 5.87. The largest absolute Gasteiger partial charge is 0.454 e. The van der Waals surface area contributed by atoms with Gasteiger partial charge in [-0.05, 0) is 30.9 Å². The fraction of sp³-hybridized carbons (Fsp3) is 0.522. The molecule has 8 nitrogen and oxygen atoms in total. The van der Waals surface area contributed by atoms with Gasteiger partial charge in [-0.1, -0.05) is 51.7 Å². The summed E-state index contributed by atoms with van der Waals surface area (Å²) in [4.78, 5) is 51.6. The third kappa shape index (κ3) is 4.61. The van der Waals surface area contributed by atoms with Crippen molar-refractivity contribution in [1.29, 1.82) is 5.26 Å². The number of rotatable bonds is 6. The maximum absolute atomic E-state index is 12.8. The topological polar surface area (TPSA) is 117 Å². The van der Waals surface area contributed by atoms with Gasteiger partial charge in [0.2, 0.25) is 0 Å². The van der Waals surface area contributed by atoms with Crippen LogP contribution in [0.2, 0.25) is 0 Å². The van der Waals surface area contributed by atoms with Crippen molar-refractivity contribution in [2.75, 3.05) is 6.61 Å². The van der Waals surface area contributed by atoms with E-state index in [2.05, 4.69) is 11.4 Å². The van der Waals surface area contributed by atoms with E-state index < -0.39 is 47.8 Å². The number of nitriles is 1. The molecule has 3 rings (SSSR count). The molecular formula is C23H27N3O5. The minimum atomic E-state index is -1.15. The van der Waals surface area contributed by atoms with E-state index in [1.54, 1.807) is 38.1 Å². The van der Waals surface area contributed by atoms with E-state index in [0.717, 1.165) is 30.6 Å². The van der Waals surface area contributed by atoms with E-state index in [4.69, 9.17) is 4.74 Å². The average Bonchev–Trinajstić information content (AvgIpc) is 2.91. The maximum Gasteiger partial charge on any atom is 0.330 e. The Morgan fingerprint density at radius 2 is 1.65 bits per heavy atom. The molecule has 0 unspecified atom stereocenters. The number of carbonyl (C=O) groups excluding carboxylic acids is 4. The lowest BCUT2D eigenvalue weighted by molar-refractivity contribution is -0.154. The zero-order chi connectivity index (χ0) is 22.6.